The third-order valence-corrected chi connectivity index (χ3v) is 2.61. The predicted octanol–water partition coefficient (Wildman–Crippen LogP) is 0.439. The number of hydrogen-bond donors (Lipinski definition) is 1. The molecule has 1 saturated carbocycles. The van der Waals surface area contributed by atoms with Crippen LogP contribution in [0, 0.1) is 0 Å². The van der Waals surface area contributed by atoms with Gasteiger partial charge in [-0.25, -0.2) is 0 Å². The molecule has 0 spiro atoms. The number of carbonyl (C=O) groups is 1. The van der Waals surface area contributed by atoms with E-state index >= 15 is 0 Å². The molecular weight excluding hydrogens is 180 g/mol. The number of carbonyl (C=O) groups excluding carboxylic acids is 1. The standard InChI is InChI=1S/C10H12N2O2/c1-14-9(13)10(11)6-7(10)8-4-2-3-5-12-8/h2-5,7H,6,11H2,1H3. The highest BCUT2D eigenvalue weighted by Gasteiger charge is 2.59. The fraction of sp³-hybridized carbons (Fsp3) is 0.400. The highest BCUT2D eigenvalue weighted by molar-refractivity contribution is 5.86. The van der Waals surface area contributed by atoms with Crippen LogP contribution in [-0.4, -0.2) is 23.6 Å². The largest absolute Gasteiger partial charge is 0.468 e. The third kappa shape index (κ3) is 1.28. The van der Waals surface area contributed by atoms with Crippen LogP contribution in [0.15, 0.2) is 24.4 Å². The highest BCUT2D eigenvalue weighted by Crippen LogP contribution is 2.49. The molecule has 1 heterocycles. The van der Waals surface area contributed by atoms with Gasteiger partial charge in [-0.15, -0.1) is 0 Å². The number of methoxy groups -OCH3 is 1. The molecule has 0 aliphatic heterocycles. The maximum Gasteiger partial charge on any atom is 0.326 e. The van der Waals surface area contributed by atoms with Crippen LogP contribution in [-0.2, 0) is 9.53 Å². The molecule has 4 nitrogen and oxygen atoms in total. The first-order valence-corrected chi connectivity index (χ1v) is 4.46. The Morgan fingerprint density at radius 2 is 2.50 bits per heavy atom. The normalized spacial score (nSPS) is 29.7. The van der Waals surface area contributed by atoms with E-state index in [1.165, 1.54) is 7.11 Å². The number of aromatic nitrogens is 1. The molecule has 2 unspecified atom stereocenters. The van der Waals surface area contributed by atoms with Crippen LogP contribution in [0.2, 0.25) is 0 Å². The van der Waals surface area contributed by atoms with Gasteiger partial charge in [0.1, 0.15) is 5.54 Å². The average Bonchev–Trinajstić information content (AvgIpc) is 2.92. The number of hydrogen-bond acceptors (Lipinski definition) is 4. The minimum atomic E-state index is -0.844. The molecule has 14 heavy (non-hydrogen) atoms. The molecule has 0 bridgehead atoms. The van der Waals surface area contributed by atoms with Gasteiger partial charge in [0.15, 0.2) is 0 Å². The van der Waals surface area contributed by atoms with Gasteiger partial charge in [0, 0.05) is 17.8 Å². The number of ether oxygens (including phenoxy) is 1. The Morgan fingerprint density at radius 3 is 3.07 bits per heavy atom. The summed E-state index contributed by atoms with van der Waals surface area (Å²) in [4.78, 5) is 15.5. The van der Waals surface area contributed by atoms with Crippen LogP contribution in [0.1, 0.15) is 18.0 Å². The van der Waals surface area contributed by atoms with Crippen molar-refractivity contribution in [3.8, 4) is 0 Å². The smallest absolute Gasteiger partial charge is 0.326 e. The molecule has 1 aromatic heterocycles. The molecule has 0 saturated heterocycles. The third-order valence-electron chi connectivity index (χ3n) is 2.61. The van der Waals surface area contributed by atoms with E-state index in [4.69, 9.17) is 5.73 Å². The number of nitrogens with zero attached hydrogens (tertiary/aromatic N) is 1. The summed E-state index contributed by atoms with van der Waals surface area (Å²) in [6, 6.07) is 5.60. The number of rotatable bonds is 2. The van der Waals surface area contributed by atoms with Crippen LogP contribution < -0.4 is 5.73 Å². The summed E-state index contributed by atoms with van der Waals surface area (Å²) in [5.74, 6) is -0.343. The van der Waals surface area contributed by atoms with Crippen molar-refractivity contribution in [1.82, 2.24) is 4.98 Å². The summed E-state index contributed by atoms with van der Waals surface area (Å²) in [6.07, 6.45) is 2.32. The molecule has 74 valence electrons. The SMILES string of the molecule is COC(=O)C1(N)CC1c1ccccn1. The molecule has 1 fully saturated rings. The van der Waals surface area contributed by atoms with Gasteiger partial charge in [-0.05, 0) is 18.6 Å². The van der Waals surface area contributed by atoms with E-state index in [1.807, 2.05) is 18.2 Å². The average molecular weight is 192 g/mol. The summed E-state index contributed by atoms with van der Waals surface area (Å²) in [6.45, 7) is 0. The van der Waals surface area contributed by atoms with Gasteiger partial charge < -0.3 is 10.5 Å². The van der Waals surface area contributed by atoms with Crippen molar-refractivity contribution in [2.45, 2.75) is 17.9 Å². The minimum Gasteiger partial charge on any atom is -0.468 e. The van der Waals surface area contributed by atoms with Gasteiger partial charge in [0.25, 0.3) is 0 Å². The van der Waals surface area contributed by atoms with E-state index in [1.54, 1.807) is 6.20 Å². The number of pyridine rings is 1. The van der Waals surface area contributed by atoms with Gasteiger partial charge >= 0.3 is 5.97 Å². The van der Waals surface area contributed by atoms with Gasteiger partial charge in [-0.1, -0.05) is 6.07 Å². The molecule has 1 aliphatic carbocycles. The highest BCUT2D eigenvalue weighted by atomic mass is 16.5. The molecule has 1 aliphatic rings. The Morgan fingerprint density at radius 1 is 1.71 bits per heavy atom. The molecule has 0 aromatic carbocycles. The Bertz CT molecular complexity index is 352. The maximum absolute atomic E-state index is 11.3. The quantitative estimate of drug-likeness (QED) is 0.690. The molecule has 1 aromatic rings. The molecule has 0 amide bonds. The maximum atomic E-state index is 11.3. The van der Waals surface area contributed by atoms with Crippen LogP contribution in [0.25, 0.3) is 0 Å². The van der Waals surface area contributed by atoms with Gasteiger partial charge in [-0.2, -0.15) is 0 Å². The number of esters is 1. The summed E-state index contributed by atoms with van der Waals surface area (Å²) in [5.41, 5.74) is 5.88. The lowest BCUT2D eigenvalue weighted by atomic mass is 10.1. The van der Waals surface area contributed by atoms with E-state index < -0.39 is 5.54 Å². The molecular formula is C10H12N2O2. The summed E-state index contributed by atoms with van der Waals surface area (Å²) >= 11 is 0. The van der Waals surface area contributed by atoms with Crippen LogP contribution in [0.4, 0.5) is 0 Å². The summed E-state index contributed by atoms with van der Waals surface area (Å²) < 4.78 is 4.64. The molecule has 2 rings (SSSR count). The predicted molar refractivity (Wildman–Crippen MR) is 50.5 cm³/mol. The van der Waals surface area contributed by atoms with E-state index in [0.717, 1.165) is 5.69 Å². The lowest BCUT2D eigenvalue weighted by molar-refractivity contribution is -0.143. The first kappa shape index (κ1) is 9.15. The van der Waals surface area contributed by atoms with Crippen molar-refractivity contribution in [2.24, 2.45) is 5.73 Å². The van der Waals surface area contributed by atoms with E-state index in [-0.39, 0.29) is 11.9 Å². The van der Waals surface area contributed by atoms with Gasteiger partial charge in [0.2, 0.25) is 0 Å². The minimum absolute atomic E-state index is 0.0103. The van der Waals surface area contributed by atoms with E-state index in [9.17, 15) is 4.79 Å². The molecule has 0 radical (unpaired) electrons. The van der Waals surface area contributed by atoms with Crippen molar-refractivity contribution in [3.63, 3.8) is 0 Å². The van der Waals surface area contributed by atoms with Crippen molar-refractivity contribution >= 4 is 5.97 Å². The Hall–Kier alpha value is -1.42. The Labute approximate surface area is 82.1 Å². The lowest BCUT2D eigenvalue weighted by Crippen LogP contribution is -2.36. The Balaban J connectivity index is 2.16. The molecule has 2 atom stereocenters. The second-order valence-corrected chi connectivity index (χ2v) is 3.54. The first-order valence-electron chi connectivity index (χ1n) is 4.46. The zero-order chi connectivity index (χ0) is 10.2. The summed E-state index contributed by atoms with van der Waals surface area (Å²) in [5, 5.41) is 0. The van der Waals surface area contributed by atoms with Crippen LogP contribution >= 0.6 is 0 Å². The zero-order valence-corrected chi connectivity index (χ0v) is 7.93. The van der Waals surface area contributed by atoms with Crippen molar-refractivity contribution in [3.05, 3.63) is 30.1 Å². The van der Waals surface area contributed by atoms with E-state index in [2.05, 4.69) is 9.72 Å². The Kier molecular flexibility index (Phi) is 2.00. The van der Waals surface area contributed by atoms with Crippen LogP contribution in [0.3, 0.4) is 0 Å². The zero-order valence-electron chi connectivity index (χ0n) is 7.93. The van der Waals surface area contributed by atoms with Gasteiger partial charge in [0.05, 0.1) is 7.11 Å². The topological polar surface area (TPSA) is 65.2 Å². The second kappa shape index (κ2) is 3.06. The van der Waals surface area contributed by atoms with Gasteiger partial charge in [-0.3, -0.25) is 9.78 Å². The van der Waals surface area contributed by atoms with Crippen LogP contribution in [0.5, 0.6) is 0 Å². The van der Waals surface area contributed by atoms with Crippen molar-refractivity contribution < 1.29 is 9.53 Å². The van der Waals surface area contributed by atoms with E-state index in [0.29, 0.717) is 6.42 Å². The number of nitrogens with two attached hydrogens (primary N) is 1. The van der Waals surface area contributed by atoms with Crippen molar-refractivity contribution in [1.29, 1.82) is 0 Å². The van der Waals surface area contributed by atoms with Crippen molar-refractivity contribution in [2.75, 3.05) is 7.11 Å². The fourth-order valence-corrected chi connectivity index (χ4v) is 1.65. The fourth-order valence-electron chi connectivity index (χ4n) is 1.65. The summed E-state index contributed by atoms with van der Waals surface area (Å²) in [7, 11) is 1.35. The monoisotopic (exact) mass is 192 g/mol. The first-order chi connectivity index (χ1) is 6.68. The second-order valence-electron chi connectivity index (χ2n) is 3.54. The lowest BCUT2D eigenvalue weighted by Gasteiger charge is -2.07. The molecule has 2 N–H and O–H groups in total. The molecule has 4 heteroatoms.